The molecule has 0 spiro atoms. The molecule has 0 atom stereocenters. The molecule has 1 aromatic carbocycles. The third-order valence-electron chi connectivity index (χ3n) is 3.21. The van der Waals surface area contributed by atoms with E-state index in [0.29, 0.717) is 19.7 Å². The van der Waals surface area contributed by atoms with Crippen LogP contribution in [0.4, 0.5) is 0 Å². The molecule has 0 saturated heterocycles. The van der Waals surface area contributed by atoms with Gasteiger partial charge in [0, 0.05) is 31.6 Å². The first-order chi connectivity index (χ1) is 11.3. The Kier molecular flexibility index (Phi) is 10.5. The van der Waals surface area contributed by atoms with Crippen LogP contribution in [-0.2, 0) is 17.7 Å². The van der Waals surface area contributed by atoms with Crippen LogP contribution in [0.1, 0.15) is 11.3 Å². The van der Waals surface area contributed by atoms with Crippen molar-refractivity contribution in [2.24, 2.45) is 4.99 Å². The van der Waals surface area contributed by atoms with Gasteiger partial charge in [-0.1, -0.05) is 29.8 Å². The molecular weight excluding hydrogens is 441 g/mol. The maximum atomic E-state index is 6.16. The molecule has 1 aromatic heterocycles. The summed E-state index contributed by atoms with van der Waals surface area (Å²) in [4.78, 5) is 4.57. The number of benzene rings is 1. The van der Waals surface area contributed by atoms with E-state index in [1.165, 1.54) is 0 Å². The van der Waals surface area contributed by atoms with Crippen molar-refractivity contribution in [2.45, 2.75) is 13.0 Å². The Morgan fingerprint density at radius 2 is 1.96 bits per heavy atom. The molecule has 0 bridgehead atoms. The van der Waals surface area contributed by atoms with E-state index in [9.17, 15) is 0 Å². The summed E-state index contributed by atoms with van der Waals surface area (Å²) in [6.07, 6.45) is 2.47. The van der Waals surface area contributed by atoms with Gasteiger partial charge in [-0.15, -0.1) is 24.0 Å². The predicted molar refractivity (Wildman–Crippen MR) is 108 cm³/mol. The molecule has 132 valence electrons. The maximum Gasteiger partial charge on any atom is 0.191 e. The van der Waals surface area contributed by atoms with E-state index in [0.717, 1.165) is 35.3 Å². The zero-order chi connectivity index (χ0) is 16.3. The molecule has 2 aromatic rings. The molecule has 0 aliphatic rings. The summed E-state index contributed by atoms with van der Waals surface area (Å²) >= 11 is 6.16. The van der Waals surface area contributed by atoms with Gasteiger partial charge >= 0.3 is 0 Å². The Bertz CT molecular complexity index is 606. The number of nitrogens with one attached hydrogen (secondary N) is 2. The predicted octanol–water partition coefficient (Wildman–Crippen LogP) is 3.48. The lowest BCUT2D eigenvalue weighted by Gasteiger charge is -2.12. The number of nitrogens with zero attached hydrogens (tertiary/aromatic N) is 1. The van der Waals surface area contributed by atoms with Gasteiger partial charge in [0.05, 0.1) is 19.4 Å². The Morgan fingerprint density at radius 1 is 1.17 bits per heavy atom. The topological polar surface area (TPSA) is 58.8 Å². The van der Waals surface area contributed by atoms with Crippen LogP contribution in [0.15, 0.2) is 52.1 Å². The lowest BCUT2D eigenvalue weighted by Crippen LogP contribution is -2.40. The van der Waals surface area contributed by atoms with Crippen molar-refractivity contribution in [3.8, 4) is 0 Å². The third-order valence-corrected chi connectivity index (χ3v) is 3.58. The van der Waals surface area contributed by atoms with E-state index >= 15 is 0 Å². The average molecular weight is 464 g/mol. The van der Waals surface area contributed by atoms with E-state index in [2.05, 4.69) is 15.6 Å². The van der Waals surface area contributed by atoms with Gasteiger partial charge in [0.1, 0.15) is 5.76 Å². The highest BCUT2D eigenvalue weighted by atomic mass is 127. The van der Waals surface area contributed by atoms with Gasteiger partial charge in [0.2, 0.25) is 0 Å². The first-order valence-electron chi connectivity index (χ1n) is 7.56. The molecule has 0 amide bonds. The second-order valence-corrected chi connectivity index (χ2v) is 5.34. The number of methoxy groups -OCH3 is 1. The van der Waals surface area contributed by atoms with Gasteiger partial charge in [-0.25, -0.2) is 4.99 Å². The zero-order valence-corrected chi connectivity index (χ0v) is 16.7. The largest absolute Gasteiger partial charge is 0.469 e. The summed E-state index contributed by atoms with van der Waals surface area (Å²) in [7, 11) is 1.67. The van der Waals surface area contributed by atoms with Gasteiger partial charge in [0.25, 0.3) is 0 Å². The molecule has 2 rings (SSSR count). The van der Waals surface area contributed by atoms with Gasteiger partial charge in [0.15, 0.2) is 5.96 Å². The summed E-state index contributed by atoms with van der Waals surface area (Å²) in [5.74, 6) is 1.67. The first kappa shape index (κ1) is 20.8. The first-order valence-corrected chi connectivity index (χ1v) is 7.94. The number of hydrogen-bond donors (Lipinski definition) is 2. The molecule has 5 nitrogen and oxygen atoms in total. The second-order valence-electron chi connectivity index (χ2n) is 4.93. The number of rotatable bonds is 8. The third kappa shape index (κ3) is 7.55. The Balaban J connectivity index is 0.00000288. The lowest BCUT2D eigenvalue weighted by molar-refractivity contribution is 0.203. The number of guanidine groups is 1. The molecule has 24 heavy (non-hydrogen) atoms. The highest BCUT2D eigenvalue weighted by Gasteiger charge is 2.02. The van der Waals surface area contributed by atoms with Crippen molar-refractivity contribution >= 4 is 41.5 Å². The summed E-state index contributed by atoms with van der Waals surface area (Å²) in [6.45, 7) is 2.55. The number of ether oxygens (including phenoxy) is 1. The fourth-order valence-electron chi connectivity index (χ4n) is 2.00. The van der Waals surface area contributed by atoms with Crippen LogP contribution in [0.2, 0.25) is 5.02 Å². The molecule has 7 heteroatoms. The van der Waals surface area contributed by atoms with Crippen molar-refractivity contribution in [3.05, 3.63) is 59.0 Å². The fourth-order valence-corrected chi connectivity index (χ4v) is 2.19. The van der Waals surface area contributed by atoms with Gasteiger partial charge < -0.3 is 19.8 Å². The van der Waals surface area contributed by atoms with Crippen molar-refractivity contribution in [3.63, 3.8) is 0 Å². The average Bonchev–Trinajstić information content (AvgIpc) is 3.07. The number of halogens is 2. The molecule has 0 saturated carbocycles. The summed E-state index contributed by atoms with van der Waals surface area (Å²) in [5.41, 5.74) is 0.994. The second kappa shape index (κ2) is 12.2. The quantitative estimate of drug-likeness (QED) is 0.272. The zero-order valence-electron chi connectivity index (χ0n) is 13.6. The van der Waals surface area contributed by atoms with E-state index in [1.807, 2.05) is 36.4 Å². The molecule has 0 aliphatic heterocycles. The van der Waals surface area contributed by atoms with Gasteiger partial charge in [-0.05, 0) is 23.8 Å². The molecular formula is C17H23ClIN3O2. The van der Waals surface area contributed by atoms with Crippen LogP contribution in [0.5, 0.6) is 0 Å². The normalized spacial score (nSPS) is 11.0. The van der Waals surface area contributed by atoms with Crippen LogP contribution in [0.25, 0.3) is 0 Å². The monoisotopic (exact) mass is 463 g/mol. The highest BCUT2D eigenvalue weighted by Crippen LogP contribution is 2.15. The van der Waals surface area contributed by atoms with Crippen molar-refractivity contribution in [1.82, 2.24) is 10.6 Å². The standard InChI is InChI=1S/C17H22ClN3O2.HI/c1-22-12-10-20-17(19-9-8-15-6-4-11-23-15)21-13-14-5-2-3-7-16(14)18;/h2-7,11H,8-10,12-13H2,1H3,(H2,19,20,21);1H. The van der Waals surface area contributed by atoms with Gasteiger partial charge in [-0.3, -0.25) is 0 Å². The van der Waals surface area contributed by atoms with Gasteiger partial charge in [-0.2, -0.15) is 0 Å². The SMILES string of the molecule is COCCNC(=NCc1ccccc1Cl)NCCc1ccco1.I. The van der Waals surface area contributed by atoms with Crippen LogP contribution < -0.4 is 10.6 Å². The summed E-state index contributed by atoms with van der Waals surface area (Å²) in [5, 5.41) is 7.24. The fraction of sp³-hybridized carbons (Fsp3) is 0.353. The van der Waals surface area contributed by atoms with E-state index in [1.54, 1.807) is 13.4 Å². The highest BCUT2D eigenvalue weighted by molar-refractivity contribution is 14.0. The van der Waals surface area contributed by atoms with E-state index in [4.69, 9.17) is 20.8 Å². The lowest BCUT2D eigenvalue weighted by atomic mass is 10.2. The minimum atomic E-state index is 0. The number of furan rings is 1. The van der Waals surface area contributed by atoms with Crippen molar-refractivity contribution in [2.75, 3.05) is 26.8 Å². The van der Waals surface area contributed by atoms with Crippen LogP contribution >= 0.6 is 35.6 Å². The molecule has 1 heterocycles. The number of hydrogen-bond acceptors (Lipinski definition) is 3. The molecule has 0 unspecified atom stereocenters. The van der Waals surface area contributed by atoms with Crippen LogP contribution in [0, 0.1) is 0 Å². The molecule has 0 fully saturated rings. The van der Waals surface area contributed by atoms with E-state index in [-0.39, 0.29) is 24.0 Å². The van der Waals surface area contributed by atoms with Crippen LogP contribution in [0.3, 0.4) is 0 Å². The molecule has 2 N–H and O–H groups in total. The Morgan fingerprint density at radius 3 is 2.67 bits per heavy atom. The maximum absolute atomic E-state index is 6.16. The molecule has 0 radical (unpaired) electrons. The van der Waals surface area contributed by atoms with Crippen molar-refractivity contribution in [1.29, 1.82) is 0 Å². The minimum Gasteiger partial charge on any atom is -0.469 e. The van der Waals surface area contributed by atoms with E-state index < -0.39 is 0 Å². The van der Waals surface area contributed by atoms with Crippen molar-refractivity contribution < 1.29 is 9.15 Å². The summed E-state index contributed by atoms with van der Waals surface area (Å²) in [6, 6.07) is 11.6. The summed E-state index contributed by atoms with van der Waals surface area (Å²) < 4.78 is 10.4. The molecule has 0 aliphatic carbocycles. The number of aliphatic imine (C=N–C) groups is 1. The minimum absolute atomic E-state index is 0. The Hall–Kier alpha value is -1.25. The van der Waals surface area contributed by atoms with Crippen LogP contribution in [-0.4, -0.2) is 32.8 Å². The Labute approximate surface area is 164 Å². The smallest absolute Gasteiger partial charge is 0.191 e.